The summed E-state index contributed by atoms with van der Waals surface area (Å²) < 4.78 is 11.7. The van der Waals surface area contributed by atoms with Gasteiger partial charge in [0, 0.05) is 6.54 Å². The molecule has 3 rings (SSSR count). The number of ether oxygens (including phenoxy) is 2. The Labute approximate surface area is 157 Å². The molecule has 4 nitrogen and oxygen atoms in total. The molecule has 26 heavy (non-hydrogen) atoms. The Morgan fingerprint density at radius 2 is 1.81 bits per heavy atom. The molecule has 1 saturated carbocycles. The number of carbonyl (C=O) groups is 1. The van der Waals surface area contributed by atoms with Crippen molar-refractivity contribution in [1.29, 1.82) is 0 Å². The summed E-state index contributed by atoms with van der Waals surface area (Å²) >= 11 is 0. The molecule has 1 aromatic carbocycles. The van der Waals surface area contributed by atoms with Gasteiger partial charge in [-0.15, -0.1) is 0 Å². The van der Waals surface area contributed by atoms with Gasteiger partial charge in [0.25, 0.3) is 0 Å². The Balaban J connectivity index is 1.47. The molecule has 0 bridgehead atoms. The summed E-state index contributed by atoms with van der Waals surface area (Å²) in [6.45, 7) is 7.42. The van der Waals surface area contributed by atoms with E-state index in [0.29, 0.717) is 24.5 Å². The van der Waals surface area contributed by atoms with Crippen LogP contribution in [0.15, 0.2) is 30.3 Å². The lowest BCUT2D eigenvalue weighted by atomic mass is 9.83. The van der Waals surface area contributed by atoms with Crippen molar-refractivity contribution in [1.82, 2.24) is 4.90 Å². The molecule has 0 spiro atoms. The lowest BCUT2D eigenvalue weighted by molar-refractivity contribution is -0.0124. The van der Waals surface area contributed by atoms with Crippen LogP contribution in [0.25, 0.3) is 0 Å². The molecule has 1 amide bonds. The van der Waals surface area contributed by atoms with Gasteiger partial charge in [-0.05, 0) is 63.4 Å². The normalized spacial score (nSPS) is 29.2. The van der Waals surface area contributed by atoms with Crippen LogP contribution in [0.4, 0.5) is 4.79 Å². The molecule has 1 aliphatic carbocycles. The number of hydrogen-bond acceptors (Lipinski definition) is 3. The first-order valence-corrected chi connectivity index (χ1v) is 10.2. The van der Waals surface area contributed by atoms with Gasteiger partial charge < -0.3 is 14.4 Å². The van der Waals surface area contributed by atoms with Gasteiger partial charge in [0.1, 0.15) is 0 Å². The molecule has 2 atom stereocenters. The molecule has 1 aromatic rings. The highest BCUT2D eigenvalue weighted by atomic mass is 16.6. The summed E-state index contributed by atoms with van der Waals surface area (Å²) in [5.41, 5.74) is 1.46. The standard InChI is InChI=1S/C22H33NO3/c1-16(2)26-22(24)23-14-13-17(3)21(23)15-25-20-11-9-19(10-12-20)18-7-5-4-6-8-18/h4-8,16-17,19-21H,9-15H2,1-3H3/t17-,19?,20?,21-/m0/s1. The van der Waals surface area contributed by atoms with E-state index >= 15 is 0 Å². The first kappa shape index (κ1) is 19.2. The predicted octanol–water partition coefficient (Wildman–Crippen LogP) is 4.98. The van der Waals surface area contributed by atoms with Gasteiger partial charge in [0.15, 0.2) is 0 Å². The fourth-order valence-electron chi connectivity index (χ4n) is 4.28. The van der Waals surface area contributed by atoms with Gasteiger partial charge in [-0.3, -0.25) is 0 Å². The fourth-order valence-corrected chi connectivity index (χ4v) is 4.28. The van der Waals surface area contributed by atoms with Crippen molar-refractivity contribution in [2.24, 2.45) is 5.92 Å². The number of likely N-dealkylation sites (tertiary alicyclic amines) is 1. The second-order valence-corrected chi connectivity index (χ2v) is 8.18. The largest absolute Gasteiger partial charge is 0.447 e. The predicted molar refractivity (Wildman–Crippen MR) is 103 cm³/mol. The third-order valence-electron chi connectivity index (χ3n) is 5.90. The highest BCUT2D eigenvalue weighted by Crippen LogP contribution is 2.34. The van der Waals surface area contributed by atoms with Crippen molar-refractivity contribution in [2.75, 3.05) is 13.2 Å². The molecule has 144 valence electrons. The zero-order valence-corrected chi connectivity index (χ0v) is 16.4. The number of carbonyl (C=O) groups excluding carboxylic acids is 1. The third-order valence-corrected chi connectivity index (χ3v) is 5.90. The summed E-state index contributed by atoms with van der Waals surface area (Å²) in [4.78, 5) is 14.2. The Hall–Kier alpha value is -1.55. The average molecular weight is 360 g/mol. The van der Waals surface area contributed by atoms with Crippen LogP contribution in [-0.4, -0.2) is 42.4 Å². The van der Waals surface area contributed by atoms with Crippen LogP contribution in [-0.2, 0) is 9.47 Å². The molecule has 0 unspecified atom stereocenters. The van der Waals surface area contributed by atoms with Crippen molar-refractivity contribution in [3.63, 3.8) is 0 Å². The number of amides is 1. The fraction of sp³-hybridized carbons (Fsp3) is 0.682. The first-order valence-electron chi connectivity index (χ1n) is 10.2. The minimum atomic E-state index is -0.189. The highest BCUT2D eigenvalue weighted by Gasteiger charge is 2.36. The molecule has 2 fully saturated rings. The molecule has 2 aliphatic rings. The van der Waals surface area contributed by atoms with E-state index in [0.717, 1.165) is 25.8 Å². The van der Waals surface area contributed by atoms with E-state index in [2.05, 4.69) is 37.3 Å². The van der Waals surface area contributed by atoms with Crippen LogP contribution in [0.5, 0.6) is 0 Å². The van der Waals surface area contributed by atoms with E-state index in [1.165, 1.54) is 18.4 Å². The Morgan fingerprint density at radius 1 is 1.12 bits per heavy atom. The zero-order valence-electron chi connectivity index (χ0n) is 16.4. The molecular weight excluding hydrogens is 326 g/mol. The monoisotopic (exact) mass is 359 g/mol. The smallest absolute Gasteiger partial charge is 0.410 e. The third kappa shape index (κ3) is 4.79. The van der Waals surface area contributed by atoms with Gasteiger partial charge in [-0.1, -0.05) is 37.3 Å². The van der Waals surface area contributed by atoms with Crippen LogP contribution >= 0.6 is 0 Å². The molecule has 1 saturated heterocycles. The van der Waals surface area contributed by atoms with E-state index in [9.17, 15) is 4.79 Å². The van der Waals surface area contributed by atoms with Crippen molar-refractivity contribution in [3.05, 3.63) is 35.9 Å². The van der Waals surface area contributed by atoms with Crippen LogP contribution in [0.3, 0.4) is 0 Å². The van der Waals surface area contributed by atoms with Crippen molar-refractivity contribution in [2.45, 2.75) is 77.0 Å². The van der Waals surface area contributed by atoms with Crippen molar-refractivity contribution in [3.8, 4) is 0 Å². The quantitative estimate of drug-likeness (QED) is 0.744. The molecule has 0 aromatic heterocycles. The van der Waals surface area contributed by atoms with E-state index in [1.54, 1.807) is 0 Å². The van der Waals surface area contributed by atoms with Crippen LogP contribution in [0.1, 0.15) is 64.4 Å². The van der Waals surface area contributed by atoms with Crippen LogP contribution in [0.2, 0.25) is 0 Å². The summed E-state index contributed by atoms with van der Waals surface area (Å²) in [6, 6.07) is 11.0. The Kier molecular flexibility index (Phi) is 6.58. The molecular formula is C22H33NO3. The van der Waals surface area contributed by atoms with Crippen LogP contribution in [0, 0.1) is 5.92 Å². The van der Waals surface area contributed by atoms with Gasteiger partial charge in [-0.2, -0.15) is 0 Å². The molecule has 0 N–H and O–H groups in total. The van der Waals surface area contributed by atoms with E-state index < -0.39 is 0 Å². The molecule has 4 heteroatoms. The van der Waals surface area contributed by atoms with E-state index in [-0.39, 0.29) is 18.2 Å². The second kappa shape index (κ2) is 8.90. The topological polar surface area (TPSA) is 38.8 Å². The van der Waals surface area contributed by atoms with Crippen LogP contribution < -0.4 is 0 Å². The lowest BCUT2D eigenvalue weighted by Crippen LogP contribution is -2.42. The highest BCUT2D eigenvalue weighted by molar-refractivity contribution is 5.68. The van der Waals surface area contributed by atoms with Crippen molar-refractivity contribution < 1.29 is 14.3 Å². The Bertz CT molecular complexity index is 566. The van der Waals surface area contributed by atoms with Crippen molar-refractivity contribution >= 4 is 6.09 Å². The first-order chi connectivity index (χ1) is 12.5. The minimum Gasteiger partial charge on any atom is -0.447 e. The maximum atomic E-state index is 12.3. The van der Waals surface area contributed by atoms with E-state index in [4.69, 9.17) is 9.47 Å². The van der Waals surface area contributed by atoms with Gasteiger partial charge in [-0.25, -0.2) is 4.79 Å². The molecule has 1 heterocycles. The Morgan fingerprint density at radius 3 is 2.46 bits per heavy atom. The number of rotatable bonds is 5. The minimum absolute atomic E-state index is 0.0757. The zero-order chi connectivity index (χ0) is 18.5. The summed E-state index contributed by atoms with van der Waals surface area (Å²) in [5.74, 6) is 1.13. The second-order valence-electron chi connectivity index (χ2n) is 8.18. The van der Waals surface area contributed by atoms with Gasteiger partial charge in [0.2, 0.25) is 0 Å². The number of nitrogens with zero attached hydrogens (tertiary/aromatic N) is 1. The summed E-state index contributed by atoms with van der Waals surface area (Å²) in [5, 5.41) is 0. The SMILES string of the molecule is CC(C)OC(=O)N1CC[C@H](C)[C@@H]1COC1CCC(c2ccccc2)CC1. The summed E-state index contributed by atoms with van der Waals surface area (Å²) in [6.07, 6.45) is 5.68. The lowest BCUT2D eigenvalue weighted by Gasteiger charge is -2.32. The number of benzene rings is 1. The van der Waals surface area contributed by atoms with Gasteiger partial charge in [0.05, 0.1) is 24.9 Å². The number of hydrogen-bond donors (Lipinski definition) is 0. The maximum Gasteiger partial charge on any atom is 0.410 e. The summed E-state index contributed by atoms with van der Waals surface area (Å²) in [7, 11) is 0. The molecule has 0 radical (unpaired) electrons. The average Bonchev–Trinajstić information content (AvgIpc) is 3.01. The molecule has 1 aliphatic heterocycles. The maximum absolute atomic E-state index is 12.3. The van der Waals surface area contributed by atoms with E-state index in [1.807, 2.05) is 18.7 Å². The van der Waals surface area contributed by atoms with Gasteiger partial charge >= 0.3 is 6.09 Å².